The van der Waals surface area contributed by atoms with Crippen LogP contribution in [-0.4, -0.2) is 51.1 Å². The van der Waals surface area contributed by atoms with Crippen molar-refractivity contribution in [2.75, 3.05) is 13.1 Å². The van der Waals surface area contributed by atoms with E-state index in [9.17, 15) is 0 Å². The van der Waals surface area contributed by atoms with E-state index in [1.54, 1.807) is 0 Å². The first kappa shape index (κ1) is 13.5. The van der Waals surface area contributed by atoms with Gasteiger partial charge in [-0.15, -0.1) is 0 Å². The number of halogens is 1. The van der Waals surface area contributed by atoms with Gasteiger partial charge in [0, 0.05) is 0 Å². The van der Waals surface area contributed by atoms with Crippen molar-refractivity contribution in [3.05, 3.63) is 35.9 Å². The normalized spacial score (nSPS) is 19.9. The van der Waals surface area contributed by atoms with Crippen LogP contribution in [0.25, 0.3) is 0 Å². The molecular weight excluding hydrogens is 366 g/mol. The number of hydrogen-bond donors (Lipinski definition) is 0. The van der Waals surface area contributed by atoms with Gasteiger partial charge in [-0.3, -0.25) is 0 Å². The van der Waals surface area contributed by atoms with Crippen molar-refractivity contribution in [3.63, 3.8) is 0 Å². The molecule has 0 aromatic heterocycles. The third-order valence-electron chi connectivity index (χ3n) is 2.55. The summed E-state index contributed by atoms with van der Waals surface area (Å²) in [6, 6.07) is 10.4. The van der Waals surface area contributed by atoms with E-state index in [1.165, 1.54) is 14.8 Å². The zero-order chi connectivity index (χ0) is 12.3. The minimum atomic E-state index is -1.17. The summed E-state index contributed by atoms with van der Waals surface area (Å²) in [4.78, 5) is 7.09. The van der Waals surface area contributed by atoms with Gasteiger partial charge in [0.15, 0.2) is 0 Å². The summed E-state index contributed by atoms with van der Waals surface area (Å²) in [6.45, 7) is 6.32. The summed E-state index contributed by atoms with van der Waals surface area (Å²) in [6.07, 6.45) is 0. The van der Waals surface area contributed by atoms with E-state index >= 15 is 0 Å². The Hall–Kier alpha value is 0.0490. The number of aliphatic imine (C=N–C) groups is 1. The molecule has 1 aromatic carbocycles. The van der Waals surface area contributed by atoms with Crippen molar-refractivity contribution in [1.82, 2.24) is 4.90 Å². The van der Waals surface area contributed by atoms with Crippen LogP contribution in [0.2, 0.25) is 0 Å². The Balaban J connectivity index is 2.25. The van der Waals surface area contributed by atoms with Gasteiger partial charge in [0.1, 0.15) is 0 Å². The molecule has 1 aliphatic heterocycles. The molecule has 2 nitrogen and oxygen atoms in total. The number of hydrogen-bond acceptors (Lipinski definition) is 2. The number of nitrogens with zero attached hydrogens (tertiary/aromatic N) is 2. The molecule has 0 saturated carbocycles. The first-order chi connectivity index (χ1) is 8.26. The Kier molecular flexibility index (Phi) is 4.98. The van der Waals surface area contributed by atoms with Crippen LogP contribution < -0.4 is 0 Å². The summed E-state index contributed by atoms with van der Waals surface area (Å²) in [5, 5.41) is 0. The molecule has 0 spiro atoms. The van der Waals surface area contributed by atoms with Gasteiger partial charge in [-0.25, -0.2) is 0 Å². The summed E-state index contributed by atoms with van der Waals surface area (Å²) < 4.78 is 2.40. The maximum absolute atomic E-state index is 6.53. The van der Waals surface area contributed by atoms with Crippen LogP contribution in [0.15, 0.2) is 35.3 Å². The molecule has 0 N–H and O–H groups in total. The van der Waals surface area contributed by atoms with Crippen LogP contribution in [0.5, 0.6) is 0 Å². The fourth-order valence-corrected chi connectivity index (χ4v) is 12.0. The molecule has 2 rings (SSSR count). The van der Waals surface area contributed by atoms with E-state index in [1.807, 2.05) is 6.07 Å². The number of rotatable bonds is 4. The molecule has 1 aliphatic rings. The zero-order valence-corrected chi connectivity index (χ0v) is 14.1. The average Bonchev–Trinajstić information content (AvgIpc) is 2.75. The van der Waals surface area contributed by atoms with E-state index < -0.39 is 10.7 Å². The second-order valence-electron chi connectivity index (χ2n) is 3.54. The summed E-state index contributed by atoms with van der Waals surface area (Å²) in [5.74, 6) is 0. The molecule has 1 atom stereocenters. The van der Waals surface area contributed by atoms with Crippen molar-refractivity contribution < 1.29 is 0 Å². The van der Waals surface area contributed by atoms with Crippen molar-refractivity contribution in [1.29, 1.82) is 0 Å². The Labute approximate surface area is 115 Å². The molecule has 1 aromatic rings. The second kappa shape index (κ2) is 6.28. The summed E-state index contributed by atoms with van der Waals surface area (Å²) in [7, 11) is 5.36. The molecule has 0 amide bonds. The zero-order valence-electron chi connectivity index (χ0n) is 9.89. The van der Waals surface area contributed by atoms with Gasteiger partial charge in [0.25, 0.3) is 0 Å². The standard InChI is InChI=1S/C12H15ClN2Se2/c1-3-15(4-2)12-14-11(16-17(12)13)10-8-6-5-7-9-10/h5-9H,3-4H2,1-2H3. The van der Waals surface area contributed by atoms with Gasteiger partial charge in [0.2, 0.25) is 0 Å². The molecule has 17 heavy (non-hydrogen) atoms. The van der Waals surface area contributed by atoms with E-state index in [0.717, 1.165) is 13.1 Å². The molecule has 92 valence electrons. The number of benzene rings is 1. The first-order valence-electron chi connectivity index (χ1n) is 5.61. The van der Waals surface area contributed by atoms with Gasteiger partial charge < -0.3 is 0 Å². The van der Waals surface area contributed by atoms with Crippen molar-refractivity contribution in [3.8, 4) is 0 Å². The van der Waals surface area contributed by atoms with E-state index in [-0.39, 0.29) is 0 Å². The molecule has 1 unspecified atom stereocenters. The Bertz CT molecular complexity index is 453. The molecule has 0 fully saturated rings. The van der Waals surface area contributed by atoms with Gasteiger partial charge in [-0.2, -0.15) is 0 Å². The first-order valence-corrected chi connectivity index (χ1v) is 13.9. The van der Waals surface area contributed by atoms with Gasteiger partial charge in [-0.05, 0) is 0 Å². The Morgan fingerprint density at radius 1 is 1.24 bits per heavy atom. The molecule has 0 saturated heterocycles. The van der Waals surface area contributed by atoms with Crippen LogP contribution in [0.3, 0.4) is 0 Å². The van der Waals surface area contributed by atoms with Crippen molar-refractivity contribution >= 4 is 43.2 Å². The Morgan fingerprint density at radius 3 is 2.47 bits per heavy atom. The maximum atomic E-state index is 6.53. The molecular formula is C12H15ClN2Se2. The van der Waals surface area contributed by atoms with Crippen LogP contribution >= 0.6 is 10.1 Å². The topological polar surface area (TPSA) is 15.6 Å². The minimum absolute atomic E-state index is 0.362. The fraction of sp³-hybridized carbons (Fsp3) is 0.333. The average molecular weight is 381 g/mol. The van der Waals surface area contributed by atoms with Crippen LogP contribution in [0, 0.1) is 0 Å². The van der Waals surface area contributed by atoms with Crippen molar-refractivity contribution in [2.24, 2.45) is 4.99 Å². The molecule has 0 radical (unpaired) electrons. The predicted molar refractivity (Wildman–Crippen MR) is 78.3 cm³/mol. The molecule has 0 aliphatic carbocycles. The van der Waals surface area contributed by atoms with Gasteiger partial charge in [0.05, 0.1) is 0 Å². The van der Waals surface area contributed by atoms with Gasteiger partial charge >= 0.3 is 116 Å². The van der Waals surface area contributed by atoms with Crippen LogP contribution in [0.1, 0.15) is 19.4 Å². The summed E-state index contributed by atoms with van der Waals surface area (Å²) >= 11 is 0.362. The summed E-state index contributed by atoms with van der Waals surface area (Å²) in [5.41, 5.74) is 1.24. The van der Waals surface area contributed by atoms with E-state index in [4.69, 9.17) is 15.1 Å². The monoisotopic (exact) mass is 382 g/mol. The SMILES string of the molecule is CCN(CC)C1=[Se](Cl)[Se]C(c2ccccc2)=N1. The second-order valence-corrected chi connectivity index (χ2v) is 15.6. The van der Waals surface area contributed by atoms with Crippen LogP contribution in [-0.2, 0) is 0 Å². The molecule has 1 heterocycles. The fourth-order valence-electron chi connectivity index (χ4n) is 1.61. The van der Waals surface area contributed by atoms with Crippen molar-refractivity contribution in [2.45, 2.75) is 13.8 Å². The van der Waals surface area contributed by atoms with E-state index in [2.05, 4.69) is 43.0 Å². The van der Waals surface area contributed by atoms with Crippen LogP contribution in [0.4, 0.5) is 0 Å². The quantitative estimate of drug-likeness (QED) is 0.729. The van der Waals surface area contributed by atoms with E-state index in [0.29, 0.717) is 13.1 Å². The predicted octanol–water partition coefficient (Wildman–Crippen LogP) is 1.89. The Morgan fingerprint density at radius 2 is 1.88 bits per heavy atom. The molecule has 0 bridgehead atoms. The molecule has 5 heteroatoms. The van der Waals surface area contributed by atoms with Gasteiger partial charge in [-0.1, -0.05) is 0 Å². The third kappa shape index (κ3) is 3.08. The third-order valence-corrected chi connectivity index (χ3v) is 12.6.